The van der Waals surface area contributed by atoms with Gasteiger partial charge < -0.3 is 10.1 Å². The molecule has 0 atom stereocenters. The SMILES string of the molecule is COc1cc(NCCSC)c([N+](=O)[O-])cc1F. The number of methoxy groups -OCH3 is 1. The maximum Gasteiger partial charge on any atom is 0.295 e. The van der Waals surface area contributed by atoms with Crippen molar-refractivity contribution in [2.24, 2.45) is 0 Å². The van der Waals surface area contributed by atoms with Crippen molar-refractivity contribution < 1.29 is 14.1 Å². The van der Waals surface area contributed by atoms with Crippen LogP contribution in [0, 0.1) is 15.9 Å². The Hall–Kier alpha value is -1.50. The fourth-order valence-electron chi connectivity index (χ4n) is 1.28. The Morgan fingerprint density at radius 3 is 2.82 bits per heavy atom. The highest BCUT2D eigenvalue weighted by atomic mass is 32.2. The highest BCUT2D eigenvalue weighted by molar-refractivity contribution is 7.98. The van der Waals surface area contributed by atoms with Crippen LogP contribution in [-0.4, -0.2) is 30.6 Å². The van der Waals surface area contributed by atoms with Crippen molar-refractivity contribution in [3.63, 3.8) is 0 Å². The van der Waals surface area contributed by atoms with Crippen LogP contribution in [0.4, 0.5) is 15.8 Å². The monoisotopic (exact) mass is 260 g/mol. The van der Waals surface area contributed by atoms with Crippen LogP contribution in [0.1, 0.15) is 0 Å². The lowest BCUT2D eigenvalue weighted by molar-refractivity contribution is -0.384. The van der Waals surface area contributed by atoms with E-state index in [0.717, 1.165) is 11.8 Å². The predicted octanol–water partition coefficient (Wildman–Crippen LogP) is 2.52. The van der Waals surface area contributed by atoms with E-state index in [9.17, 15) is 14.5 Å². The maximum atomic E-state index is 13.3. The molecule has 5 nitrogen and oxygen atoms in total. The standard InChI is InChI=1S/C10H13FN2O3S/c1-16-10-6-8(12-3-4-17-2)9(13(14)15)5-7(10)11/h5-6,12H,3-4H2,1-2H3. The van der Waals surface area contributed by atoms with E-state index in [-0.39, 0.29) is 17.1 Å². The van der Waals surface area contributed by atoms with Crippen LogP contribution < -0.4 is 10.1 Å². The molecule has 1 rings (SSSR count). The largest absolute Gasteiger partial charge is 0.494 e. The van der Waals surface area contributed by atoms with Crippen LogP contribution in [0.5, 0.6) is 5.75 Å². The minimum atomic E-state index is -0.741. The molecule has 0 saturated heterocycles. The van der Waals surface area contributed by atoms with Crippen LogP contribution in [-0.2, 0) is 0 Å². The van der Waals surface area contributed by atoms with Crippen LogP contribution >= 0.6 is 11.8 Å². The molecule has 0 unspecified atom stereocenters. The van der Waals surface area contributed by atoms with Gasteiger partial charge in [-0.05, 0) is 6.26 Å². The van der Waals surface area contributed by atoms with Gasteiger partial charge in [0.05, 0.1) is 18.1 Å². The molecule has 0 aromatic heterocycles. The quantitative estimate of drug-likeness (QED) is 0.483. The van der Waals surface area contributed by atoms with Crippen molar-refractivity contribution in [2.75, 3.05) is 31.0 Å². The lowest BCUT2D eigenvalue weighted by atomic mass is 10.2. The van der Waals surface area contributed by atoms with Crippen molar-refractivity contribution in [3.05, 3.63) is 28.1 Å². The third kappa shape index (κ3) is 3.48. The molecule has 7 heteroatoms. The highest BCUT2D eigenvalue weighted by Gasteiger charge is 2.18. The number of hydrogen-bond donors (Lipinski definition) is 1. The van der Waals surface area contributed by atoms with Crippen molar-refractivity contribution in [3.8, 4) is 5.75 Å². The van der Waals surface area contributed by atoms with Crippen molar-refractivity contribution >= 4 is 23.1 Å². The van der Waals surface area contributed by atoms with E-state index in [1.807, 2.05) is 6.26 Å². The van der Waals surface area contributed by atoms with Gasteiger partial charge in [-0.3, -0.25) is 10.1 Å². The van der Waals surface area contributed by atoms with Gasteiger partial charge in [0.1, 0.15) is 5.69 Å². The van der Waals surface area contributed by atoms with Gasteiger partial charge in [-0.1, -0.05) is 0 Å². The van der Waals surface area contributed by atoms with Crippen molar-refractivity contribution in [1.29, 1.82) is 0 Å². The van der Waals surface area contributed by atoms with E-state index < -0.39 is 10.7 Å². The van der Waals surface area contributed by atoms with Crippen molar-refractivity contribution in [2.45, 2.75) is 0 Å². The average molecular weight is 260 g/mol. The van der Waals surface area contributed by atoms with Gasteiger partial charge in [-0.15, -0.1) is 0 Å². The molecule has 0 aliphatic heterocycles. The first-order valence-corrected chi connectivity index (χ1v) is 6.24. The Kier molecular flexibility index (Phi) is 5.02. The van der Waals surface area contributed by atoms with E-state index in [1.165, 1.54) is 13.2 Å². The molecular formula is C10H13FN2O3S. The number of halogens is 1. The Bertz CT molecular complexity index is 415. The van der Waals surface area contributed by atoms with Crippen LogP contribution in [0.2, 0.25) is 0 Å². The minimum absolute atomic E-state index is 0.0118. The third-order valence-corrected chi connectivity index (χ3v) is 2.70. The molecule has 1 N–H and O–H groups in total. The molecule has 94 valence electrons. The second-order valence-electron chi connectivity index (χ2n) is 3.18. The summed E-state index contributed by atoms with van der Waals surface area (Å²) in [5.74, 6) is 0.0495. The number of ether oxygens (including phenoxy) is 1. The zero-order valence-corrected chi connectivity index (χ0v) is 10.3. The molecule has 0 saturated carbocycles. The maximum absolute atomic E-state index is 13.3. The summed E-state index contributed by atoms with van der Waals surface area (Å²) >= 11 is 1.61. The normalized spacial score (nSPS) is 10.1. The molecule has 0 fully saturated rings. The summed E-state index contributed by atoms with van der Waals surface area (Å²) in [6.45, 7) is 0.566. The molecule has 0 radical (unpaired) electrons. The summed E-state index contributed by atoms with van der Waals surface area (Å²) in [6, 6.07) is 2.16. The zero-order valence-electron chi connectivity index (χ0n) is 9.53. The number of nitro benzene ring substituents is 1. The predicted molar refractivity (Wildman–Crippen MR) is 66.5 cm³/mol. The lowest BCUT2D eigenvalue weighted by Gasteiger charge is -2.09. The first-order chi connectivity index (χ1) is 8.10. The third-order valence-electron chi connectivity index (χ3n) is 2.09. The van der Waals surface area contributed by atoms with Gasteiger partial charge in [0, 0.05) is 18.4 Å². The Morgan fingerprint density at radius 1 is 1.59 bits per heavy atom. The van der Waals surface area contributed by atoms with Gasteiger partial charge in [0.25, 0.3) is 5.69 Å². The number of thioether (sulfide) groups is 1. The number of rotatable bonds is 6. The van der Waals surface area contributed by atoms with E-state index in [2.05, 4.69) is 5.32 Å². The number of nitrogens with one attached hydrogen (secondary N) is 1. The van der Waals surface area contributed by atoms with Crippen LogP contribution in [0.25, 0.3) is 0 Å². The van der Waals surface area contributed by atoms with Gasteiger partial charge in [0.2, 0.25) is 0 Å². The van der Waals surface area contributed by atoms with E-state index in [0.29, 0.717) is 6.54 Å². The number of benzene rings is 1. The first kappa shape index (κ1) is 13.6. The smallest absolute Gasteiger partial charge is 0.295 e. The molecule has 0 bridgehead atoms. The minimum Gasteiger partial charge on any atom is -0.494 e. The molecule has 1 aromatic rings. The number of nitro groups is 1. The fourth-order valence-corrected chi connectivity index (χ4v) is 1.59. The Balaban J connectivity index is 3.01. The number of nitrogens with zero attached hydrogens (tertiary/aromatic N) is 1. The van der Waals surface area contributed by atoms with Gasteiger partial charge >= 0.3 is 0 Å². The number of anilines is 1. The fraction of sp³-hybridized carbons (Fsp3) is 0.400. The Labute approximate surface area is 102 Å². The van der Waals surface area contributed by atoms with E-state index in [4.69, 9.17) is 4.74 Å². The Morgan fingerprint density at radius 2 is 2.29 bits per heavy atom. The molecule has 17 heavy (non-hydrogen) atoms. The second-order valence-corrected chi connectivity index (χ2v) is 4.17. The summed E-state index contributed by atoms with van der Waals surface area (Å²) in [4.78, 5) is 10.1. The molecular weight excluding hydrogens is 247 g/mol. The second kappa shape index (κ2) is 6.29. The summed E-state index contributed by atoms with van der Waals surface area (Å²) in [5, 5.41) is 13.6. The summed E-state index contributed by atoms with van der Waals surface area (Å²) in [7, 11) is 1.32. The first-order valence-electron chi connectivity index (χ1n) is 4.85. The van der Waals surface area contributed by atoms with Gasteiger partial charge in [0.15, 0.2) is 11.6 Å². The van der Waals surface area contributed by atoms with Crippen molar-refractivity contribution in [1.82, 2.24) is 0 Å². The molecule has 0 amide bonds. The van der Waals surface area contributed by atoms with E-state index >= 15 is 0 Å². The molecule has 0 aliphatic rings. The molecule has 0 aliphatic carbocycles. The van der Waals surface area contributed by atoms with E-state index in [1.54, 1.807) is 11.8 Å². The van der Waals surface area contributed by atoms with Crippen LogP contribution in [0.15, 0.2) is 12.1 Å². The van der Waals surface area contributed by atoms with Gasteiger partial charge in [-0.25, -0.2) is 4.39 Å². The highest BCUT2D eigenvalue weighted by Crippen LogP contribution is 2.31. The number of hydrogen-bond acceptors (Lipinski definition) is 5. The van der Waals surface area contributed by atoms with Gasteiger partial charge in [-0.2, -0.15) is 11.8 Å². The topological polar surface area (TPSA) is 64.4 Å². The van der Waals surface area contributed by atoms with Crippen LogP contribution in [0.3, 0.4) is 0 Å². The summed E-state index contributed by atoms with van der Waals surface area (Å²) in [5.41, 5.74) is -0.0216. The summed E-state index contributed by atoms with van der Waals surface area (Å²) < 4.78 is 18.1. The molecule has 1 aromatic carbocycles. The average Bonchev–Trinajstić information content (AvgIpc) is 2.30. The lowest BCUT2D eigenvalue weighted by Crippen LogP contribution is -2.07. The molecule has 0 heterocycles. The molecule has 0 spiro atoms. The summed E-state index contributed by atoms with van der Waals surface area (Å²) in [6.07, 6.45) is 1.93. The zero-order chi connectivity index (χ0) is 12.8.